The zero-order chi connectivity index (χ0) is 7.84. The molecular weight excluding hydrogens is 136 g/mol. The molecule has 1 aliphatic carbocycles. The molecular formula is C10H12O. The quantitative estimate of drug-likeness (QED) is 0.512. The van der Waals surface area contributed by atoms with Crippen LogP contribution in [0.4, 0.5) is 0 Å². The third-order valence-corrected chi connectivity index (χ3v) is 2.28. The molecule has 11 heavy (non-hydrogen) atoms. The van der Waals surface area contributed by atoms with Crippen molar-refractivity contribution in [3.05, 3.63) is 35.6 Å². The Kier molecular flexibility index (Phi) is 1.38. The molecule has 0 aromatic carbocycles. The summed E-state index contributed by atoms with van der Waals surface area (Å²) in [5.74, 6) is 1.55. The van der Waals surface area contributed by atoms with Crippen LogP contribution in [0.25, 0.3) is 0 Å². The molecule has 1 nitrogen and oxygen atoms in total. The van der Waals surface area contributed by atoms with Gasteiger partial charge in [-0.1, -0.05) is 17.7 Å². The summed E-state index contributed by atoms with van der Waals surface area (Å²) in [6.07, 6.45) is 8.81. The summed E-state index contributed by atoms with van der Waals surface area (Å²) >= 11 is 0. The van der Waals surface area contributed by atoms with Gasteiger partial charge in [0.1, 0.15) is 6.10 Å². The SMILES string of the molecule is CC1=C[C@@H]2C(C)=CC=CC2O1. The van der Waals surface area contributed by atoms with E-state index in [1.165, 1.54) is 5.57 Å². The minimum atomic E-state index is 0.278. The Morgan fingerprint density at radius 3 is 2.91 bits per heavy atom. The van der Waals surface area contributed by atoms with Gasteiger partial charge in [0, 0.05) is 5.92 Å². The van der Waals surface area contributed by atoms with E-state index in [2.05, 4.69) is 31.2 Å². The van der Waals surface area contributed by atoms with Crippen LogP contribution in [-0.4, -0.2) is 6.10 Å². The lowest BCUT2D eigenvalue weighted by Gasteiger charge is -2.18. The second-order valence-electron chi connectivity index (χ2n) is 3.18. The Balaban J connectivity index is 2.30. The molecule has 1 heterocycles. The summed E-state index contributed by atoms with van der Waals surface area (Å²) in [5, 5.41) is 0. The summed E-state index contributed by atoms with van der Waals surface area (Å²) < 4.78 is 5.57. The summed E-state index contributed by atoms with van der Waals surface area (Å²) in [7, 11) is 0. The fraction of sp³-hybridized carbons (Fsp3) is 0.400. The van der Waals surface area contributed by atoms with Crippen LogP contribution in [0.3, 0.4) is 0 Å². The van der Waals surface area contributed by atoms with Gasteiger partial charge in [0.2, 0.25) is 0 Å². The predicted octanol–water partition coefficient (Wildman–Crippen LogP) is 2.42. The van der Waals surface area contributed by atoms with Crippen molar-refractivity contribution in [3.8, 4) is 0 Å². The molecule has 0 aromatic rings. The molecule has 0 N–H and O–H groups in total. The summed E-state index contributed by atoms with van der Waals surface area (Å²) in [6.45, 7) is 4.17. The van der Waals surface area contributed by atoms with Gasteiger partial charge in [-0.15, -0.1) is 0 Å². The maximum Gasteiger partial charge on any atom is 0.127 e. The van der Waals surface area contributed by atoms with E-state index in [1.54, 1.807) is 0 Å². The van der Waals surface area contributed by atoms with Crippen molar-refractivity contribution in [1.82, 2.24) is 0 Å². The van der Waals surface area contributed by atoms with E-state index in [4.69, 9.17) is 4.74 Å². The lowest BCUT2D eigenvalue weighted by atomic mass is 9.91. The maximum absolute atomic E-state index is 5.57. The average Bonchev–Trinajstić information content (AvgIpc) is 2.31. The van der Waals surface area contributed by atoms with E-state index in [9.17, 15) is 0 Å². The molecule has 0 radical (unpaired) electrons. The Labute approximate surface area is 67.1 Å². The highest BCUT2D eigenvalue weighted by Crippen LogP contribution is 2.32. The maximum atomic E-state index is 5.57. The second-order valence-corrected chi connectivity index (χ2v) is 3.18. The summed E-state index contributed by atoms with van der Waals surface area (Å²) in [6, 6.07) is 0. The molecule has 1 heteroatoms. The van der Waals surface area contributed by atoms with Gasteiger partial charge >= 0.3 is 0 Å². The highest BCUT2D eigenvalue weighted by Gasteiger charge is 2.27. The Morgan fingerprint density at radius 1 is 1.36 bits per heavy atom. The normalized spacial score (nSPS) is 34.0. The van der Waals surface area contributed by atoms with Crippen molar-refractivity contribution in [2.75, 3.05) is 0 Å². The van der Waals surface area contributed by atoms with Gasteiger partial charge < -0.3 is 4.74 Å². The largest absolute Gasteiger partial charge is 0.490 e. The second kappa shape index (κ2) is 2.26. The van der Waals surface area contributed by atoms with E-state index < -0.39 is 0 Å². The number of rotatable bonds is 0. The Hall–Kier alpha value is -0.980. The standard InChI is InChI=1S/C10H12O/c1-7-4-3-5-10-9(7)6-8(2)11-10/h3-6,9-10H,1-2H3/t9-,10?/m1/s1. The van der Waals surface area contributed by atoms with Crippen molar-refractivity contribution in [3.63, 3.8) is 0 Å². The monoisotopic (exact) mass is 148 g/mol. The van der Waals surface area contributed by atoms with Crippen LogP contribution < -0.4 is 0 Å². The van der Waals surface area contributed by atoms with Crippen LogP contribution in [0.1, 0.15) is 13.8 Å². The molecule has 0 fully saturated rings. The first kappa shape index (κ1) is 6.71. The average molecular weight is 148 g/mol. The Morgan fingerprint density at radius 2 is 2.18 bits per heavy atom. The van der Waals surface area contributed by atoms with Crippen LogP contribution in [0, 0.1) is 5.92 Å². The van der Waals surface area contributed by atoms with Crippen LogP contribution in [0.15, 0.2) is 35.6 Å². The van der Waals surface area contributed by atoms with Gasteiger partial charge in [-0.05, 0) is 26.0 Å². The summed E-state index contributed by atoms with van der Waals surface area (Å²) in [5.41, 5.74) is 1.40. The number of hydrogen-bond acceptors (Lipinski definition) is 1. The number of hydrogen-bond donors (Lipinski definition) is 0. The van der Waals surface area contributed by atoms with Crippen LogP contribution >= 0.6 is 0 Å². The minimum absolute atomic E-state index is 0.278. The third-order valence-electron chi connectivity index (χ3n) is 2.28. The first-order valence-electron chi connectivity index (χ1n) is 3.97. The predicted molar refractivity (Wildman–Crippen MR) is 45.0 cm³/mol. The number of allylic oxidation sites excluding steroid dienone is 3. The van der Waals surface area contributed by atoms with E-state index in [1.807, 2.05) is 6.92 Å². The molecule has 58 valence electrons. The van der Waals surface area contributed by atoms with Crippen LogP contribution in [-0.2, 0) is 4.74 Å². The molecule has 0 amide bonds. The third kappa shape index (κ3) is 1.01. The van der Waals surface area contributed by atoms with Crippen molar-refractivity contribution < 1.29 is 4.74 Å². The first-order chi connectivity index (χ1) is 5.27. The zero-order valence-corrected chi connectivity index (χ0v) is 6.87. The minimum Gasteiger partial charge on any atom is -0.490 e. The van der Waals surface area contributed by atoms with Gasteiger partial charge in [0.25, 0.3) is 0 Å². The molecule has 0 saturated heterocycles. The zero-order valence-electron chi connectivity index (χ0n) is 6.87. The lowest BCUT2D eigenvalue weighted by molar-refractivity contribution is 0.163. The van der Waals surface area contributed by atoms with Gasteiger partial charge in [0.15, 0.2) is 0 Å². The molecule has 2 rings (SSSR count). The number of fused-ring (bicyclic) bond motifs is 1. The topological polar surface area (TPSA) is 9.23 Å². The first-order valence-corrected chi connectivity index (χ1v) is 3.97. The molecule has 0 bridgehead atoms. The number of ether oxygens (including phenoxy) is 1. The molecule has 2 aliphatic rings. The van der Waals surface area contributed by atoms with E-state index in [-0.39, 0.29) is 6.10 Å². The lowest BCUT2D eigenvalue weighted by Crippen LogP contribution is -2.16. The van der Waals surface area contributed by atoms with E-state index >= 15 is 0 Å². The molecule has 0 saturated carbocycles. The summed E-state index contributed by atoms with van der Waals surface area (Å²) in [4.78, 5) is 0. The van der Waals surface area contributed by atoms with Crippen molar-refractivity contribution >= 4 is 0 Å². The molecule has 0 aromatic heterocycles. The fourth-order valence-corrected chi connectivity index (χ4v) is 1.65. The fourth-order valence-electron chi connectivity index (χ4n) is 1.65. The van der Waals surface area contributed by atoms with Crippen molar-refractivity contribution in [2.24, 2.45) is 5.92 Å². The molecule has 0 spiro atoms. The highest BCUT2D eigenvalue weighted by molar-refractivity contribution is 5.30. The van der Waals surface area contributed by atoms with Crippen molar-refractivity contribution in [1.29, 1.82) is 0 Å². The van der Waals surface area contributed by atoms with Gasteiger partial charge in [-0.3, -0.25) is 0 Å². The van der Waals surface area contributed by atoms with Gasteiger partial charge in [-0.2, -0.15) is 0 Å². The van der Waals surface area contributed by atoms with Gasteiger partial charge in [0.05, 0.1) is 5.76 Å². The molecule has 1 aliphatic heterocycles. The van der Waals surface area contributed by atoms with E-state index in [0.29, 0.717) is 5.92 Å². The van der Waals surface area contributed by atoms with Crippen LogP contribution in [0.5, 0.6) is 0 Å². The molecule has 2 atom stereocenters. The van der Waals surface area contributed by atoms with E-state index in [0.717, 1.165) is 5.76 Å². The molecule has 1 unspecified atom stereocenters. The van der Waals surface area contributed by atoms with Crippen molar-refractivity contribution in [2.45, 2.75) is 20.0 Å². The highest BCUT2D eigenvalue weighted by atomic mass is 16.5. The van der Waals surface area contributed by atoms with Gasteiger partial charge in [-0.25, -0.2) is 0 Å². The Bertz CT molecular complexity index is 258. The smallest absolute Gasteiger partial charge is 0.127 e. The van der Waals surface area contributed by atoms with Crippen LogP contribution in [0.2, 0.25) is 0 Å².